The lowest BCUT2D eigenvalue weighted by atomic mass is 10.2. The van der Waals surface area contributed by atoms with Gasteiger partial charge in [0.25, 0.3) is 5.91 Å². The molecule has 28 heavy (non-hydrogen) atoms. The topological polar surface area (TPSA) is 70.9 Å². The summed E-state index contributed by atoms with van der Waals surface area (Å²) in [6, 6.07) is 14.3. The molecule has 0 saturated carbocycles. The molecule has 0 aromatic heterocycles. The second kappa shape index (κ2) is 9.05. The van der Waals surface area contributed by atoms with Crippen molar-refractivity contribution < 1.29 is 18.1 Å². The van der Waals surface area contributed by atoms with Crippen molar-refractivity contribution in [3.05, 3.63) is 64.7 Å². The number of quaternary nitrogens is 1. The third-order valence-electron chi connectivity index (χ3n) is 4.88. The predicted octanol–water partition coefficient (Wildman–Crippen LogP) is 0.854. The molecule has 2 aromatic rings. The van der Waals surface area contributed by atoms with Crippen LogP contribution in [0, 0.1) is 6.92 Å². The number of halogens is 1. The minimum absolute atomic E-state index is 0.0511. The van der Waals surface area contributed by atoms with E-state index in [1.54, 1.807) is 30.3 Å². The highest BCUT2D eigenvalue weighted by molar-refractivity contribution is 7.89. The fourth-order valence-electron chi connectivity index (χ4n) is 3.22. The van der Waals surface area contributed by atoms with Gasteiger partial charge >= 0.3 is 0 Å². The summed E-state index contributed by atoms with van der Waals surface area (Å²) >= 11 is 5.95. The number of hydrogen-bond donors (Lipinski definition) is 2. The number of aryl methyl sites for hydroxylation is 1. The van der Waals surface area contributed by atoms with Crippen LogP contribution in [0.25, 0.3) is 0 Å². The van der Waals surface area contributed by atoms with Crippen molar-refractivity contribution in [2.45, 2.75) is 18.4 Å². The maximum atomic E-state index is 12.7. The Kier molecular flexibility index (Phi) is 6.72. The van der Waals surface area contributed by atoms with Gasteiger partial charge in [-0.25, -0.2) is 8.42 Å². The van der Waals surface area contributed by atoms with E-state index in [0.29, 0.717) is 49.2 Å². The molecule has 0 unspecified atom stereocenters. The molecule has 150 valence electrons. The first-order chi connectivity index (χ1) is 13.3. The Morgan fingerprint density at radius 2 is 1.82 bits per heavy atom. The quantitative estimate of drug-likeness (QED) is 0.725. The Morgan fingerprint density at radius 1 is 1.14 bits per heavy atom. The number of nitrogens with one attached hydrogen (secondary N) is 2. The molecule has 2 N–H and O–H groups in total. The molecule has 0 radical (unpaired) electrons. The lowest BCUT2D eigenvalue weighted by Gasteiger charge is -2.31. The SMILES string of the molecule is Cc1ccc(S(=O)(=O)N2CC[NH+](CC(=O)NCc3cccc(Cl)c3)CC2)cc1. The molecule has 3 rings (SSSR count). The Morgan fingerprint density at radius 3 is 2.46 bits per heavy atom. The average molecular weight is 423 g/mol. The van der Waals surface area contributed by atoms with E-state index in [4.69, 9.17) is 11.6 Å². The van der Waals surface area contributed by atoms with Gasteiger partial charge in [0, 0.05) is 11.6 Å². The molecule has 0 atom stereocenters. The summed E-state index contributed by atoms with van der Waals surface area (Å²) in [7, 11) is -3.47. The van der Waals surface area contributed by atoms with Crippen LogP contribution in [-0.4, -0.2) is 51.4 Å². The Labute approximate surface area is 171 Å². The summed E-state index contributed by atoms with van der Waals surface area (Å²) in [4.78, 5) is 13.6. The highest BCUT2D eigenvalue weighted by Crippen LogP contribution is 2.16. The predicted molar refractivity (Wildman–Crippen MR) is 109 cm³/mol. The second-order valence-corrected chi connectivity index (χ2v) is 9.42. The van der Waals surface area contributed by atoms with E-state index in [1.165, 1.54) is 4.31 Å². The number of amides is 1. The zero-order valence-corrected chi connectivity index (χ0v) is 17.4. The minimum atomic E-state index is -3.47. The van der Waals surface area contributed by atoms with Gasteiger partial charge in [0.05, 0.1) is 31.1 Å². The number of nitrogens with zero attached hydrogens (tertiary/aromatic N) is 1. The second-order valence-electron chi connectivity index (χ2n) is 7.05. The van der Waals surface area contributed by atoms with Gasteiger partial charge in [0.2, 0.25) is 10.0 Å². The third-order valence-corrected chi connectivity index (χ3v) is 7.03. The van der Waals surface area contributed by atoms with E-state index < -0.39 is 10.0 Å². The molecular formula is C20H25ClN3O3S+. The van der Waals surface area contributed by atoms with E-state index >= 15 is 0 Å². The van der Waals surface area contributed by atoms with Crippen molar-refractivity contribution in [1.29, 1.82) is 0 Å². The van der Waals surface area contributed by atoms with Crippen molar-refractivity contribution in [3.8, 4) is 0 Å². The fourth-order valence-corrected chi connectivity index (χ4v) is 4.87. The third kappa shape index (κ3) is 5.32. The summed E-state index contributed by atoms with van der Waals surface area (Å²) in [6.07, 6.45) is 0. The number of benzene rings is 2. The molecular weight excluding hydrogens is 398 g/mol. The fraction of sp³-hybridized carbons (Fsp3) is 0.350. The van der Waals surface area contributed by atoms with Crippen LogP contribution in [0.15, 0.2) is 53.4 Å². The van der Waals surface area contributed by atoms with Crippen molar-refractivity contribution >= 4 is 27.5 Å². The summed E-state index contributed by atoms with van der Waals surface area (Å²) in [5.41, 5.74) is 1.97. The molecule has 1 aliphatic rings. The number of rotatable bonds is 6. The first-order valence-electron chi connectivity index (χ1n) is 9.26. The molecule has 0 spiro atoms. The molecule has 1 amide bonds. The van der Waals surface area contributed by atoms with Gasteiger partial charge in [-0.1, -0.05) is 41.4 Å². The average Bonchev–Trinajstić information content (AvgIpc) is 2.67. The van der Waals surface area contributed by atoms with Crippen molar-refractivity contribution in [2.24, 2.45) is 0 Å². The number of piperazine rings is 1. The summed E-state index contributed by atoms with van der Waals surface area (Å²) in [5.74, 6) is -0.0511. The molecule has 1 fully saturated rings. The van der Waals surface area contributed by atoms with Crippen LogP contribution in [0.3, 0.4) is 0 Å². The van der Waals surface area contributed by atoms with Gasteiger partial charge in [-0.3, -0.25) is 4.79 Å². The van der Waals surface area contributed by atoms with E-state index in [1.807, 2.05) is 25.1 Å². The van der Waals surface area contributed by atoms with Gasteiger partial charge in [-0.15, -0.1) is 0 Å². The van der Waals surface area contributed by atoms with Crippen molar-refractivity contribution in [3.63, 3.8) is 0 Å². The molecule has 1 aliphatic heterocycles. The minimum Gasteiger partial charge on any atom is -0.347 e. The van der Waals surface area contributed by atoms with Gasteiger partial charge in [-0.05, 0) is 36.8 Å². The van der Waals surface area contributed by atoms with Gasteiger partial charge in [0.1, 0.15) is 0 Å². The van der Waals surface area contributed by atoms with E-state index in [0.717, 1.165) is 16.0 Å². The molecule has 1 heterocycles. The smallest absolute Gasteiger partial charge is 0.275 e. The maximum absolute atomic E-state index is 12.7. The molecule has 0 bridgehead atoms. The van der Waals surface area contributed by atoms with Gasteiger partial charge < -0.3 is 10.2 Å². The van der Waals surface area contributed by atoms with Crippen LogP contribution in [0.1, 0.15) is 11.1 Å². The zero-order valence-electron chi connectivity index (χ0n) is 15.8. The highest BCUT2D eigenvalue weighted by Gasteiger charge is 2.31. The maximum Gasteiger partial charge on any atom is 0.275 e. The Hall–Kier alpha value is -1.93. The van der Waals surface area contributed by atoms with Gasteiger partial charge in [0.15, 0.2) is 6.54 Å². The first-order valence-corrected chi connectivity index (χ1v) is 11.1. The number of sulfonamides is 1. The van der Waals surface area contributed by atoms with Crippen LogP contribution >= 0.6 is 11.6 Å². The summed E-state index contributed by atoms with van der Waals surface area (Å²) < 4.78 is 27.0. The Bertz CT molecular complexity index is 924. The summed E-state index contributed by atoms with van der Waals surface area (Å²) in [5, 5.41) is 3.54. The van der Waals surface area contributed by atoms with Crippen LogP contribution in [0.4, 0.5) is 0 Å². The molecule has 1 saturated heterocycles. The lowest BCUT2D eigenvalue weighted by molar-refractivity contribution is -0.895. The first kappa shape index (κ1) is 20.8. The van der Waals surface area contributed by atoms with Crippen LogP contribution < -0.4 is 10.2 Å². The number of hydrogen-bond acceptors (Lipinski definition) is 3. The van der Waals surface area contributed by atoms with Crippen LogP contribution in [-0.2, 0) is 21.4 Å². The molecule has 2 aromatic carbocycles. The highest BCUT2D eigenvalue weighted by atomic mass is 35.5. The van der Waals surface area contributed by atoms with Crippen LogP contribution in [0.5, 0.6) is 0 Å². The lowest BCUT2D eigenvalue weighted by Crippen LogP contribution is -3.15. The number of carbonyl (C=O) groups is 1. The standard InChI is InChI=1S/C20H24ClN3O3S/c1-16-5-7-19(8-6-16)28(26,27)24-11-9-23(10-12-24)15-20(25)22-14-17-3-2-4-18(21)13-17/h2-8,13H,9-12,14-15H2,1H3,(H,22,25)/p+1. The van der Waals surface area contributed by atoms with Gasteiger partial charge in [-0.2, -0.15) is 4.31 Å². The number of carbonyl (C=O) groups excluding carboxylic acids is 1. The normalized spacial score (nSPS) is 16.1. The van der Waals surface area contributed by atoms with Crippen molar-refractivity contribution in [1.82, 2.24) is 9.62 Å². The molecule has 0 aliphatic carbocycles. The van der Waals surface area contributed by atoms with E-state index in [2.05, 4.69) is 5.32 Å². The van der Waals surface area contributed by atoms with Crippen molar-refractivity contribution in [2.75, 3.05) is 32.7 Å². The Balaban J connectivity index is 1.48. The molecule has 8 heteroatoms. The van der Waals surface area contributed by atoms with E-state index in [-0.39, 0.29) is 5.91 Å². The van der Waals surface area contributed by atoms with Crippen LogP contribution in [0.2, 0.25) is 5.02 Å². The summed E-state index contributed by atoms with van der Waals surface area (Å²) in [6.45, 7) is 4.72. The van der Waals surface area contributed by atoms with E-state index in [9.17, 15) is 13.2 Å². The zero-order chi connectivity index (χ0) is 20.1. The molecule has 6 nitrogen and oxygen atoms in total. The monoisotopic (exact) mass is 422 g/mol. The largest absolute Gasteiger partial charge is 0.347 e.